The van der Waals surface area contributed by atoms with Crippen LogP contribution in [0.15, 0.2) is 12.4 Å². The molecular formula is C12H23N3O. The van der Waals surface area contributed by atoms with Gasteiger partial charge in [-0.15, -0.1) is 0 Å². The van der Waals surface area contributed by atoms with E-state index in [4.69, 9.17) is 5.11 Å². The Balaban J connectivity index is 2.09. The number of hydrogen-bond donors (Lipinski definition) is 1. The Morgan fingerprint density at radius 2 is 2.06 bits per heavy atom. The minimum absolute atomic E-state index is 0.325. The summed E-state index contributed by atoms with van der Waals surface area (Å²) in [5.74, 6) is 0. The molecule has 1 aromatic heterocycles. The van der Waals surface area contributed by atoms with Crippen molar-refractivity contribution in [3.05, 3.63) is 18.0 Å². The molecule has 0 fully saturated rings. The Hall–Kier alpha value is -0.870. The van der Waals surface area contributed by atoms with Gasteiger partial charge in [0.2, 0.25) is 0 Å². The SMILES string of the molecule is CN(CCCCCCO)Cc1cnn(C)c1. The van der Waals surface area contributed by atoms with Gasteiger partial charge in [-0.2, -0.15) is 5.10 Å². The van der Waals surface area contributed by atoms with Crippen LogP contribution in [0.25, 0.3) is 0 Å². The Bertz CT molecular complexity index is 286. The number of aliphatic hydroxyl groups excluding tert-OH is 1. The second-order valence-electron chi connectivity index (χ2n) is 4.40. The molecule has 0 bridgehead atoms. The molecule has 0 unspecified atom stereocenters. The lowest BCUT2D eigenvalue weighted by Gasteiger charge is -2.15. The molecule has 0 aromatic carbocycles. The summed E-state index contributed by atoms with van der Waals surface area (Å²) in [6.45, 7) is 2.40. The maximum absolute atomic E-state index is 8.65. The van der Waals surface area contributed by atoms with Gasteiger partial charge in [-0.25, -0.2) is 0 Å². The molecule has 92 valence electrons. The van der Waals surface area contributed by atoms with Crippen LogP contribution in [0.3, 0.4) is 0 Å². The largest absolute Gasteiger partial charge is 0.396 e. The maximum atomic E-state index is 8.65. The van der Waals surface area contributed by atoms with Gasteiger partial charge in [0.25, 0.3) is 0 Å². The zero-order valence-electron chi connectivity index (χ0n) is 10.4. The number of aromatic nitrogens is 2. The summed E-state index contributed by atoms with van der Waals surface area (Å²) >= 11 is 0. The van der Waals surface area contributed by atoms with Crippen LogP contribution in [-0.4, -0.2) is 40.0 Å². The molecule has 1 heterocycles. The first-order valence-corrected chi connectivity index (χ1v) is 5.99. The van der Waals surface area contributed by atoms with Crippen LogP contribution in [0.5, 0.6) is 0 Å². The Kier molecular flexibility index (Phi) is 6.11. The Morgan fingerprint density at radius 1 is 1.31 bits per heavy atom. The zero-order valence-corrected chi connectivity index (χ0v) is 10.4. The molecule has 0 atom stereocenters. The molecule has 4 nitrogen and oxygen atoms in total. The van der Waals surface area contributed by atoms with Crippen molar-refractivity contribution >= 4 is 0 Å². The lowest BCUT2D eigenvalue weighted by molar-refractivity contribution is 0.277. The summed E-state index contributed by atoms with van der Waals surface area (Å²) in [6.07, 6.45) is 8.46. The number of hydrogen-bond acceptors (Lipinski definition) is 3. The fourth-order valence-corrected chi connectivity index (χ4v) is 1.79. The molecule has 1 rings (SSSR count). The molecule has 0 aliphatic rings. The molecule has 0 radical (unpaired) electrons. The van der Waals surface area contributed by atoms with E-state index < -0.39 is 0 Å². The molecule has 4 heteroatoms. The van der Waals surface area contributed by atoms with Crippen LogP contribution in [0.4, 0.5) is 0 Å². The average Bonchev–Trinajstić information content (AvgIpc) is 2.63. The van der Waals surface area contributed by atoms with Crippen molar-refractivity contribution in [3.8, 4) is 0 Å². The van der Waals surface area contributed by atoms with Gasteiger partial charge in [0.05, 0.1) is 6.20 Å². The van der Waals surface area contributed by atoms with Crippen LogP contribution in [0.1, 0.15) is 31.2 Å². The van der Waals surface area contributed by atoms with Crippen LogP contribution in [0.2, 0.25) is 0 Å². The monoisotopic (exact) mass is 225 g/mol. The number of rotatable bonds is 8. The second-order valence-corrected chi connectivity index (χ2v) is 4.40. The Labute approximate surface area is 97.9 Å². The first-order valence-electron chi connectivity index (χ1n) is 5.99. The van der Waals surface area contributed by atoms with E-state index in [9.17, 15) is 0 Å². The minimum atomic E-state index is 0.325. The van der Waals surface area contributed by atoms with Crippen LogP contribution >= 0.6 is 0 Å². The van der Waals surface area contributed by atoms with Gasteiger partial charge in [0.15, 0.2) is 0 Å². The highest BCUT2D eigenvalue weighted by Gasteiger charge is 2.01. The second kappa shape index (κ2) is 7.41. The molecular weight excluding hydrogens is 202 g/mol. The summed E-state index contributed by atoms with van der Waals surface area (Å²) in [5, 5.41) is 12.8. The lowest BCUT2D eigenvalue weighted by atomic mass is 10.2. The van der Waals surface area contributed by atoms with Gasteiger partial charge in [-0.1, -0.05) is 12.8 Å². The third kappa shape index (κ3) is 5.28. The first kappa shape index (κ1) is 13.2. The van der Waals surface area contributed by atoms with Gasteiger partial charge < -0.3 is 10.0 Å². The van der Waals surface area contributed by atoms with E-state index in [1.54, 1.807) is 0 Å². The third-order valence-corrected chi connectivity index (χ3v) is 2.66. The molecule has 0 saturated carbocycles. The van der Waals surface area contributed by atoms with Gasteiger partial charge >= 0.3 is 0 Å². The normalized spacial score (nSPS) is 11.2. The van der Waals surface area contributed by atoms with E-state index in [0.717, 1.165) is 25.9 Å². The molecule has 0 aliphatic heterocycles. The van der Waals surface area contributed by atoms with E-state index in [0.29, 0.717) is 6.61 Å². The van der Waals surface area contributed by atoms with E-state index in [-0.39, 0.29) is 0 Å². The van der Waals surface area contributed by atoms with Crippen molar-refractivity contribution < 1.29 is 5.11 Å². The molecule has 0 aliphatic carbocycles. The topological polar surface area (TPSA) is 41.3 Å². The predicted molar refractivity (Wildman–Crippen MR) is 65.1 cm³/mol. The highest BCUT2D eigenvalue weighted by molar-refractivity contribution is 5.02. The zero-order chi connectivity index (χ0) is 11.8. The van der Waals surface area contributed by atoms with Crippen molar-refractivity contribution in [1.29, 1.82) is 0 Å². The Morgan fingerprint density at radius 3 is 2.69 bits per heavy atom. The molecule has 0 saturated heterocycles. The van der Waals surface area contributed by atoms with Crippen molar-refractivity contribution in [2.45, 2.75) is 32.2 Å². The summed E-state index contributed by atoms with van der Waals surface area (Å²) in [5.41, 5.74) is 1.26. The fourth-order valence-electron chi connectivity index (χ4n) is 1.79. The van der Waals surface area contributed by atoms with Crippen LogP contribution in [0, 0.1) is 0 Å². The van der Waals surface area contributed by atoms with E-state index >= 15 is 0 Å². The van der Waals surface area contributed by atoms with Gasteiger partial charge in [0, 0.05) is 32.0 Å². The average molecular weight is 225 g/mol. The molecule has 0 amide bonds. The number of nitrogens with zero attached hydrogens (tertiary/aromatic N) is 3. The smallest absolute Gasteiger partial charge is 0.0534 e. The first-order chi connectivity index (χ1) is 7.72. The summed E-state index contributed by atoms with van der Waals surface area (Å²) < 4.78 is 1.84. The van der Waals surface area contributed by atoms with E-state index in [2.05, 4.69) is 23.2 Å². The quantitative estimate of drug-likeness (QED) is 0.680. The lowest BCUT2D eigenvalue weighted by Crippen LogP contribution is -2.18. The van der Waals surface area contributed by atoms with Crippen LogP contribution in [-0.2, 0) is 13.6 Å². The van der Waals surface area contributed by atoms with E-state index in [1.807, 2.05) is 17.9 Å². The van der Waals surface area contributed by atoms with Crippen molar-refractivity contribution in [1.82, 2.24) is 14.7 Å². The number of aliphatic hydroxyl groups is 1. The predicted octanol–water partition coefficient (Wildman–Crippen LogP) is 1.40. The van der Waals surface area contributed by atoms with E-state index in [1.165, 1.54) is 18.4 Å². The molecule has 0 spiro atoms. The van der Waals surface area contributed by atoms with Gasteiger partial charge in [-0.3, -0.25) is 4.68 Å². The highest BCUT2D eigenvalue weighted by Crippen LogP contribution is 2.04. The summed E-state index contributed by atoms with van der Waals surface area (Å²) in [4.78, 5) is 2.32. The van der Waals surface area contributed by atoms with Crippen molar-refractivity contribution in [3.63, 3.8) is 0 Å². The number of unbranched alkanes of at least 4 members (excludes halogenated alkanes) is 3. The molecule has 1 N–H and O–H groups in total. The highest BCUT2D eigenvalue weighted by atomic mass is 16.2. The third-order valence-electron chi connectivity index (χ3n) is 2.66. The molecule has 16 heavy (non-hydrogen) atoms. The summed E-state index contributed by atoms with van der Waals surface area (Å²) in [6, 6.07) is 0. The van der Waals surface area contributed by atoms with Crippen LogP contribution < -0.4 is 0 Å². The van der Waals surface area contributed by atoms with Crippen molar-refractivity contribution in [2.24, 2.45) is 7.05 Å². The van der Waals surface area contributed by atoms with Crippen molar-refractivity contribution in [2.75, 3.05) is 20.2 Å². The standard InChI is InChI=1S/C12H23N3O/c1-14(7-5-3-4-6-8-16)10-12-9-13-15(2)11-12/h9,11,16H,3-8,10H2,1-2H3. The van der Waals surface area contributed by atoms with Gasteiger partial charge in [-0.05, 0) is 26.4 Å². The van der Waals surface area contributed by atoms with Gasteiger partial charge in [0.1, 0.15) is 0 Å². The molecule has 1 aromatic rings. The fraction of sp³-hybridized carbons (Fsp3) is 0.750. The number of aryl methyl sites for hydroxylation is 1. The minimum Gasteiger partial charge on any atom is -0.396 e. The summed E-state index contributed by atoms with van der Waals surface area (Å²) in [7, 11) is 4.08. The maximum Gasteiger partial charge on any atom is 0.0534 e.